The molecule has 4 saturated heterocycles. The van der Waals surface area contributed by atoms with Crippen LogP contribution in [0.4, 0.5) is 8.78 Å². The van der Waals surface area contributed by atoms with E-state index in [-0.39, 0.29) is 23.8 Å². The minimum atomic E-state index is -3.04. The summed E-state index contributed by atoms with van der Waals surface area (Å²) >= 11 is 1.45. The average molecular weight is 641 g/mol. The fraction of sp³-hybridized carbons (Fsp3) is 0.467. The fourth-order valence-electron chi connectivity index (χ4n) is 6.63. The number of alkyl halides is 2. The summed E-state index contributed by atoms with van der Waals surface area (Å²) in [5.74, 6) is -0.578. The quantitative estimate of drug-likeness (QED) is 0.338. The second-order valence-corrected chi connectivity index (χ2v) is 12.5. The molecule has 2 aromatic heterocycles. The molecule has 1 aromatic carbocycles. The van der Waals surface area contributed by atoms with Gasteiger partial charge in [-0.2, -0.15) is 13.9 Å². The normalized spacial score (nSPS) is 23.7. The van der Waals surface area contributed by atoms with E-state index in [0.717, 1.165) is 37.2 Å². The van der Waals surface area contributed by atoms with E-state index in [9.17, 15) is 18.4 Å². The third-order valence-corrected chi connectivity index (χ3v) is 9.58. The van der Waals surface area contributed by atoms with Gasteiger partial charge in [0, 0.05) is 67.7 Å². The molecule has 2 bridgehead atoms. The molecule has 8 rings (SSSR count). The molecule has 0 aliphatic carbocycles. The third kappa shape index (κ3) is 6.21. The monoisotopic (exact) mass is 640 g/mol. The van der Waals surface area contributed by atoms with Crippen LogP contribution in [0.2, 0.25) is 0 Å². The van der Waals surface area contributed by atoms with Crippen LogP contribution in [0, 0.1) is 0 Å². The van der Waals surface area contributed by atoms with E-state index >= 15 is 0 Å². The Hall–Kier alpha value is -3.79. The number of piperidine rings is 2. The second-order valence-electron chi connectivity index (χ2n) is 11.6. The highest BCUT2D eigenvalue weighted by atomic mass is 32.2. The lowest BCUT2D eigenvalue weighted by Crippen LogP contribution is -2.61. The molecule has 5 aliphatic heterocycles. The average Bonchev–Trinajstić information content (AvgIpc) is 3.65. The lowest BCUT2D eigenvalue weighted by Gasteiger charge is -2.51. The Balaban J connectivity index is 1.09. The molecule has 0 spiro atoms. The molecule has 12 nitrogen and oxygen atoms in total. The number of hydrazine groups is 1. The number of likely N-dealkylation sites (tertiary alicyclic amines) is 1. The van der Waals surface area contributed by atoms with Gasteiger partial charge in [-0.25, -0.2) is 14.9 Å². The van der Waals surface area contributed by atoms with E-state index < -0.39 is 18.6 Å². The van der Waals surface area contributed by atoms with Gasteiger partial charge in [-0.05, 0) is 43.4 Å². The fourth-order valence-corrected chi connectivity index (χ4v) is 7.08. The highest BCUT2D eigenvalue weighted by Crippen LogP contribution is 2.36. The Labute approximate surface area is 262 Å². The number of ether oxygens (including phenoxy) is 2. The van der Waals surface area contributed by atoms with Gasteiger partial charge in [0.1, 0.15) is 17.9 Å². The van der Waals surface area contributed by atoms with Gasteiger partial charge < -0.3 is 24.7 Å². The van der Waals surface area contributed by atoms with Gasteiger partial charge in [-0.15, -0.1) is 11.8 Å². The molecule has 2 amide bonds. The standard InChI is InChI=1S/C30H34F2N8O4S/c1-45-21-3-4-25(44-30(31)32)22(12-21)27-24(35-29(42)23-13-34-40-8-2-7-33-28(23)40)16-39(36-27)17-26(41)37-9-5-18(6-10-37)38-14-19-11-20(15-38)43-19/h2-4,7-8,12-13,16,18-20,27,30,36H,5-6,9-11,14-15,17H2,1H3,(H,35,42). The number of carbonyl (C=O) groups is 2. The first-order chi connectivity index (χ1) is 21.8. The molecule has 7 heterocycles. The van der Waals surface area contributed by atoms with Crippen LogP contribution in [0.15, 0.2) is 59.6 Å². The lowest BCUT2D eigenvalue weighted by atomic mass is 9.94. The summed E-state index contributed by atoms with van der Waals surface area (Å²) in [5.41, 5.74) is 4.61. The van der Waals surface area contributed by atoms with Crippen molar-refractivity contribution < 1.29 is 27.8 Å². The number of morpholine rings is 1. The maximum atomic E-state index is 13.5. The number of aromatic nitrogens is 3. The molecular weight excluding hydrogens is 606 g/mol. The molecule has 0 saturated carbocycles. The van der Waals surface area contributed by atoms with Gasteiger partial charge in [0.05, 0.1) is 30.1 Å². The highest BCUT2D eigenvalue weighted by Gasteiger charge is 2.41. The minimum Gasteiger partial charge on any atom is -0.434 e. The predicted octanol–water partition coefficient (Wildman–Crippen LogP) is 2.65. The number of fused-ring (bicyclic) bond motifs is 3. The highest BCUT2D eigenvalue weighted by molar-refractivity contribution is 7.98. The Morgan fingerprint density at radius 1 is 1.22 bits per heavy atom. The van der Waals surface area contributed by atoms with Gasteiger partial charge >= 0.3 is 6.61 Å². The van der Waals surface area contributed by atoms with E-state index in [0.29, 0.717) is 48.2 Å². The summed E-state index contributed by atoms with van der Waals surface area (Å²) in [4.78, 5) is 36.4. The molecule has 15 heteroatoms. The van der Waals surface area contributed by atoms with Crippen molar-refractivity contribution in [3.63, 3.8) is 0 Å². The Morgan fingerprint density at radius 2 is 2.00 bits per heavy atom. The molecule has 5 aliphatic rings. The van der Waals surface area contributed by atoms with Crippen LogP contribution in [0.5, 0.6) is 5.75 Å². The van der Waals surface area contributed by atoms with E-state index in [1.54, 1.807) is 41.8 Å². The number of nitrogens with one attached hydrogen (secondary N) is 2. The lowest BCUT2D eigenvalue weighted by molar-refractivity contribution is -0.190. The van der Waals surface area contributed by atoms with E-state index in [4.69, 9.17) is 9.47 Å². The largest absolute Gasteiger partial charge is 0.434 e. The summed E-state index contributed by atoms with van der Waals surface area (Å²) < 4.78 is 39.0. The SMILES string of the molecule is CSc1ccc(OC(F)F)c(C2NN(CC(=O)N3CCC(N4CC5CC(C4)O5)CC3)C=C2NC(=O)c2cnn3cccnc23)c1. The second kappa shape index (κ2) is 12.5. The Kier molecular flexibility index (Phi) is 8.33. The van der Waals surface area contributed by atoms with Crippen molar-refractivity contribution in [1.82, 2.24) is 40.1 Å². The van der Waals surface area contributed by atoms with Gasteiger partial charge in [0.15, 0.2) is 5.65 Å². The maximum Gasteiger partial charge on any atom is 0.387 e. The summed E-state index contributed by atoms with van der Waals surface area (Å²) in [6.45, 7) is 0.200. The molecule has 0 radical (unpaired) electrons. The summed E-state index contributed by atoms with van der Waals surface area (Å²) in [7, 11) is 0. The number of benzene rings is 1. The van der Waals surface area contributed by atoms with Crippen LogP contribution in [0.3, 0.4) is 0 Å². The Morgan fingerprint density at radius 3 is 2.73 bits per heavy atom. The molecule has 2 N–H and O–H groups in total. The minimum absolute atomic E-state index is 0.00618. The van der Waals surface area contributed by atoms with Crippen LogP contribution in [0.1, 0.15) is 41.2 Å². The number of amides is 2. The van der Waals surface area contributed by atoms with Gasteiger partial charge in [0.2, 0.25) is 5.91 Å². The molecule has 3 atom stereocenters. The van der Waals surface area contributed by atoms with Crippen molar-refractivity contribution in [2.75, 3.05) is 39.0 Å². The summed E-state index contributed by atoms with van der Waals surface area (Å²) in [5, 5.41) is 8.69. The number of thioether (sulfide) groups is 1. The number of hydrogen-bond donors (Lipinski definition) is 2. The van der Waals surface area contributed by atoms with E-state index in [1.807, 2.05) is 11.2 Å². The molecule has 45 heavy (non-hydrogen) atoms. The first kappa shape index (κ1) is 29.9. The first-order valence-electron chi connectivity index (χ1n) is 15.0. The number of rotatable bonds is 9. The van der Waals surface area contributed by atoms with E-state index in [2.05, 4.69) is 25.7 Å². The maximum absolute atomic E-state index is 13.5. The summed E-state index contributed by atoms with van der Waals surface area (Å²) in [6.07, 6.45) is 11.8. The van der Waals surface area contributed by atoms with Gasteiger partial charge in [-0.1, -0.05) is 0 Å². The first-order valence-corrected chi connectivity index (χ1v) is 16.2. The van der Waals surface area contributed by atoms with Crippen LogP contribution < -0.4 is 15.5 Å². The van der Waals surface area contributed by atoms with Crippen LogP contribution in [-0.2, 0) is 9.53 Å². The number of carbonyl (C=O) groups excluding carboxylic acids is 2. The van der Waals surface area contributed by atoms with Gasteiger partial charge in [-0.3, -0.25) is 14.5 Å². The smallest absolute Gasteiger partial charge is 0.387 e. The van der Waals surface area contributed by atoms with Crippen LogP contribution in [0.25, 0.3) is 5.65 Å². The molecule has 4 fully saturated rings. The van der Waals surface area contributed by atoms with E-state index in [1.165, 1.54) is 28.5 Å². The Bertz CT molecular complexity index is 1600. The third-order valence-electron chi connectivity index (χ3n) is 8.85. The van der Waals surface area contributed by atoms with Crippen LogP contribution in [-0.4, -0.2) is 105 Å². The predicted molar refractivity (Wildman–Crippen MR) is 160 cm³/mol. The van der Waals surface area contributed by atoms with Crippen LogP contribution >= 0.6 is 11.8 Å². The number of halogens is 2. The number of hydrogen-bond acceptors (Lipinski definition) is 10. The molecule has 3 unspecified atom stereocenters. The molecule has 3 aromatic rings. The van der Waals surface area contributed by atoms with Crippen molar-refractivity contribution >= 4 is 29.2 Å². The summed E-state index contributed by atoms with van der Waals surface area (Å²) in [6, 6.07) is 6.29. The van der Waals surface area contributed by atoms with Gasteiger partial charge in [0.25, 0.3) is 5.91 Å². The van der Waals surface area contributed by atoms with Crippen molar-refractivity contribution in [2.24, 2.45) is 0 Å². The number of nitrogens with zero attached hydrogens (tertiary/aromatic N) is 6. The zero-order valence-corrected chi connectivity index (χ0v) is 25.5. The topological polar surface area (TPSA) is 117 Å². The van der Waals surface area contributed by atoms with Crippen molar-refractivity contribution in [3.8, 4) is 5.75 Å². The van der Waals surface area contributed by atoms with Crippen molar-refractivity contribution in [3.05, 3.63) is 65.9 Å². The zero-order valence-electron chi connectivity index (χ0n) is 24.6. The van der Waals surface area contributed by atoms with Crippen molar-refractivity contribution in [2.45, 2.75) is 55.1 Å². The molecular formula is C30H34F2N8O4S. The zero-order chi connectivity index (χ0) is 31.1. The van der Waals surface area contributed by atoms with Crippen molar-refractivity contribution in [1.29, 1.82) is 0 Å². The molecule has 238 valence electrons.